The van der Waals surface area contributed by atoms with Crippen LogP contribution in [0.15, 0.2) is 24.3 Å². The molecule has 5 nitrogen and oxygen atoms in total. The van der Waals surface area contributed by atoms with E-state index in [0.29, 0.717) is 19.4 Å². The number of Topliss-reactive ketones (excluding diaryl/α,β-unsaturated/α-hetero) is 1. The van der Waals surface area contributed by atoms with Crippen LogP contribution in [0.25, 0.3) is 0 Å². The third-order valence-corrected chi connectivity index (χ3v) is 3.88. The molecule has 5 heteroatoms. The van der Waals surface area contributed by atoms with Crippen molar-refractivity contribution < 1.29 is 19.1 Å². The summed E-state index contributed by atoms with van der Waals surface area (Å²) in [4.78, 5) is 24.7. The zero-order chi connectivity index (χ0) is 17.0. The molecule has 1 aromatic carbocycles. The molecule has 0 aromatic heterocycles. The smallest absolute Gasteiger partial charge is 0.407 e. The van der Waals surface area contributed by atoms with E-state index in [1.165, 1.54) is 0 Å². The highest BCUT2D eigenvalue weighted by Gasteiger charge is 2.37. The van der Waals surface area contributed by atoms with E-state index in [2.05, 4.69) is 5.32 Å². The fraction of sp³-hybridized carbons (Fsp3) is 0.556. The molecule has 0 saturated heterocycles. The molecule has 0 radical (unpaired) electrons. The number of hydrogen-bond donors (Lipinski definition) is 1. The summed E-state index contributed by atoms with van der Waals surface area (Å²) in [5.74, 6) is -0.187. The van der Waals surface area contributed by atoms with Crippen LogP contribution in [-0.4, -0.2) is 37.2 Å². The first-order valence-electron chi connectivity index (χ1n) is 7.92. The SMILES string of the molecule is COCCC(NC(=O)OC(C)(C)C)C1Cc2ccccc2C1=O. The van der Waals surface area contributed by atoms with Crippen LogP contribution in [0.3, 0.4) is 0 Å². The van der Waals surface area contributed by atoms with Gasteiger partial charge in [-0.3, -0.25) is 4.79 Å². The van der Waals surface area contributed by atoms with Gasteiger partial charge in [0, 0.05) is 31.2 Å². The molecule has 0 spiro atoms. The van der Waals surface area contributed by atoms with Gasteiger partial charge in [-0.1, -0.05) is 24.3 Å². The minimum absolute atomic E-state index is 0.0813. The molecule has 0 aliphatic heterocycles. The van der Waals surface area contributed by atoms with Crippen LogP contribution in [0, 0.1) is 5.92 Å². The number of rotatable bonds is 5. The van der Waals surface area contributed by atoms with Crippen LogP contribution >= 0.6 is 0 Å². The topological polar surface area (TPSA) is 64.6 Å². The maximum atomic E-state index is 12.6. The van der Waals surface area contributed by atoms with Crippen LogP contribution < -0.4 is 5.32 Å². The molecular formula is C18H25NO4. The number of fused-ring (bicyclic) bond motifs is 1. The van der Waals surface area contributed by atoms with Gasteiger partial charge in [0.1, 0.15) is 5.60 Å². The first kappa shape index (κ1) is 17.5. The highest BCUT2D eigenvalue weighted by atomic mass is 16.6. The van der Waals surface area contributed by atoms with Crippen molar-refractivity contribution >= 4 is 11.9 Å². The number of alkyl carbamates (subject to hydrolysis) is 1. The van der Waals surface area contributed by atoms with Crippen molar-refractivity contribution in [2.75, 3.05) is 13.7 Å². The lowest BCUT2D eigenvalue weighted by Crippen LogP contribution is -2.45. The number of ether oxygens (including phenoxy) is 2. The first-order valence-corrected chi connectivity index (χ1v) is 7.92. The summed E-state index contributed by atoms with van der Waals surface area (Å²) < 4.78 is 10.4. The molecule has 1 aliphatic rings. The second kappa shape index (κ2) is 7.13. The Bertz CT molecular complexity index is 577. The van der Waals surface area contributed by atoms with Gasteiger partial charge in [-0.25, -0.2) is 4.79 Å². The Morgan fingerprint density at radius 2 is 2.04 bits per heavy atom. The van der Waals surface area contributed by atoms with Crippen LogP contribution in [0.5, 0.6) is 0 Å². The summed E-state index contributed by atoms with van der Waals surface area (Å²) in [6.07, 6.45) is 0.710. The highest BCUT2D eigenvalue weighted by Crippen LogP contribution is 2.30. The van der Waals surface area contributed by atoms with Crippen molar-refractivity contribution in [2.45, 2.75) is 45.3 Å². The number of hydrogen-bond acceptors (Lipinski definition) is 4. The van der Waals surface area contributed by atoms with E-state index in [1.54, 1.807) is 7.11 Å². The maximum absolute atomic E-state index is 12.6. The fourth-order valence-corrected chi connectivity index (χ4v) is 2.87. The molecule has 1 aliphatic carbocycles. The lowest BCUT2D eigenvalue weighted by atomic mass is 9.93. The monoisotopic (exact) mass is 319 g/mol. The zero-order valence-electron chi connectivity index (χ0n) is 14.2. The van der Waals surface area contributed by atoms with Gasteiger partial charge < -0.3 is 14.8 Å². The Morgan fingerprint density at radius 1 is 1.35 bits per heavy atom. The number of carbonyl (C=O) groups excluding carboxylic acids is 2. The average Bonchev–Trinajstić information content (AvgIpc) is 2.79. The lowest BCUT2D eigenvalue weighted by molar-refractivity contribution is 0.0469. The van der Waals surface area contributed by atoms with E-state index in [9.17, 15) is 9.59 Å². The molecule has 1 aromatic rings. The van der Waals surface area contributed by atoms with Gasteiger partial charge >= 0.3 is 6.09 Å². The van der Waals surface area contributed by atoms with Crippen LogP contribution in [0.4, 0.5) is 4.79 Å². The van der Waals surface area contributed by atoms with E-state index in [-0.39, 0.29) is 17.7 Å². The molecular weight excluding hydrogens is 294 g/mol. The van der Waals surface area contributed by atoms with Gasteiger partial charge in [0.2, 0.25) is 0 Å². The fourth-order valence-electron chi connectivity index (χ4n) is 2.87. The van der Waals surface area contributed by atoms with Crippen LogP contribution in [-0.2, 0) is 15.9 Å². The molecule has 0 fully saturated rings. The summed E-state index contributed by atoms with van der Waals surface area (Å²) >= 11 is 0. The summed E-state index contributed by atoms with van der Waals surface area (Å²) in [7, 11) is 1.61. The normalized spacial score (nSPS) is 18.4. The summed E-state index contributed by atoms with van der Waals surface area (Å²) in [6, 6.07) is 7.31. The van der Waals surface area contributed by atoms with E-state index >= 15 is 0 Å². The number of amides is 1. The number of methoxy groups -OCH3 is 1. The van der Waals surface area contributed by atoms with Gasteiger partial charge in [-0.15, -0.1) is 0 Å². The second-order valence-electron chi connectivity index (χ2n) is 6.87. The van der Waals surface area contributed by atoms with Crippen LogP contribution in [0.2, 0.25) is 0 Å². The van der Waals surface area contributed by atoms with Crippen LogP contribution in [0.1, 0.15) is 43.1 Å². The van der Waals surface area contributed by atoms with E-state index in [4.69, 9.17) is 9.47 Å². The van der Waals surface area contributed by atoms with Crippen molar-refractivity contribution in [3.05, 3.63) is 35.4 Å². The molecule has 2 atom stereocenters. The maximum Gasteiger partial charge on any atom is 0.407 e. The molecule has 1 N–H and O–H groups in total. The minimum atomic E-state index is -0.571. The van der Waals surface area contributed by atoms with Crippen molar-refractivity contribution in [1.82, 2.24) is 5.32 Å². The highest BCUT2D eigenvalue weighted by molar-refractivity contribution is 6.02. The summed E-state index contributed by atoms with van der Waals surface area (Å²) in [5.41, 5.74) is 1.22. The van der Waals surface area contributed by atoms with E-state index < -0.39 is 11.7 Å². The molecule has 2 unspecified atom stereocenters. The number of nitrogens with one attached hydrogen (secondary N) is 1. The zero-order valence-corrected chi connectivity index (χ0v) is 14.2. The van der Waals surface area contributed by atoms with Crippen molar-refractivity contribution in [2.24, 2.45) is 5.92 Å². The summed E-state index contributed by atoms with van der Waals surface area (Å²) in [6.45, 7) is 5.91. The Kier molecular flexibility index (Phi) is 5.42. The standard InChI is InChI=1S/C18H25NO4/c1-18(2,3)23-17(21)19-15(9-10-22-4)14-11-12-7-5-6-8-13(12)16(14)20/h5-8,14-15H,9-11H2,1-4H3,(H,19,21). The first-order chi connectivity index (χ1) is 10.8. The molecule has 126 valence electrons. The molecule has 0 bridgehead atoms. The number of carbonyl (C=O) groups is 2. The van der Waals surface area contributed by atoms with Crippen molar-refractivity contribution in [3.63, 3.8) is 0 Å². The Hall–Kier alpha value is -1.88. The van der Waals surface area contributed by atoms with Gasteiger partial charge in [0.25, 0.3) is 0 Å². The Balaban J connectivity index is 2.10. The Labute approximate surface area is 137 Å². The second-order valence-corrected chi connectivity index (χ2v) is 6.87. The molecule has 2 rings (SSSR count). The van der Waals surface area contributed by atoms with Crippen molar-refractivity contribution in [3.8, 4) is 0 Å². The molecule has 23 heavy (non-hydrogen) atoms. The minimum Gasteiger partial charge on any atom is -0.444 e. The molecule has 0 saturated carbocycles. The predicted molar refractivity (Wildman–Crippen MR) is 87.6 cm³/mol. The third-order valence-electron chi connectivity index (χ3n) is 3.88. The third kappa shape index (κ3) is 4.55. The van der Waals surface area contributed by atoms with E-state index in [0.717, 1.165) is 11.1 Å². The quantitative estimate of drug-likeness (QED) is 0.906. The molecule has 0 heterocycles. The number of ketones is 1. The van der Waals surface area contributed by atoms with E-state index in [1.807, 2.05) is 45.0 Å². The Morgan fingerprint density at radius 3 is 2.65 bits per heavy atom. The predicted octanol–water partition coefficient (Wildman–Crippen LogP) is 2.97. The average molecular weight is 319 g/mol. The molecule has 1 amide bonds. The largest absolute Gasteiger partial charge is 0.444 e. The number of benzene rings is 1. The van der Waals surface area contributed by atoms with Gasteiger partial charge in [0.15, 0.2) is 5.78 Å². The van der Waals surface area contributed by atoms with Gasteiger partial charge in [-0.2, -0.15) is 0 Å². The van der Waals surface area contributed by atoms with Gasteiger partial charge in [0.05, 0.1) is 0 Å². The van der Waals surface area contributed by atoms with Gasteiger partial charge in [-0.05, 0) is 39.2 Å². The summed E-state index contributed by atoms with van der Waals surface area (Å²) in [5, 5.41) is 2.85. The van der Waals surface area contributed by atoms with Crippen molar-refractivity contribution in [1.29, 1.82) is 0 Å². The lowest BCUT2D eigenvalue weighted by Gasteiger charge is -2.26.